The Balaban J connectivity index is 1.60. The van der Waals surface area contributed by atoms with E-state index in [-0.39, 0.29) is 29.7 Å². The molecule has 1 amide bonds. The third kappa shape index (κ3) is 6.04. The van der Waals surface area contributed by atoms with Crippen molar-refractivity contribution in [3.8, 4) is 5.75 Å². The van der Waals surface area contributed by atoms with Crippen molar-refractivity contribution in [3.05, 3.63) is 54.0 Å². The Morgan fingerprint density at radius 3 is 2.52 bits per heavy atom. The SMILES string of the molecule is CC(C)OC(=O)N1CC=C(c2ccc(COc3ccc(S(C)(=O)=O)nc3)nc2)C(C)C1. The lowest BCUT2D eigenvalue weighted by atomic mass is 9.91. The van der Waals surface area contributed by atoms with Crippen LogP contribution in [0.2, 0.25) is 0 Å². The maximum absolute atomic E-state index is 12.1. The highest BCUT2D eigenvalue weighted by Gasteiger charge is 2.25. The molecule has 0 bridgehead atoms. The Kier molecular flexibility index (Phi) is 6.94. The number of amides is 1. The van der Waals surface area contributed by atoms with Gasteiger partial charge in [-0.1, -0.05) is 19.1 Å². The normalized spacial score (nSPS) is 16.7. The Bertz CT molecular complexity index is 1050. The molecule has 0 fully saturated rings. The van der Waals surface area contributed by atoms with Crippen molar-refractivity contribution >= 4 is 21.5 Å². The van der Waals surface area contributed by atoms with E-state index >= 15 is 0 Å². The van der Waals surface area contributed by atoms with Gasteiger partial charge in [0.1, 0.15) is 12.4 Å². The molecule has 1 aliphatic rings. The lowest BCUT2D eigenvalue weighted by Crippen LogP contribution is -2.39. The first-order valence-corrected chi connectivity index (χ1v) is 11.9. The largest absolute Gasteiger partial charge is 0.486 e. The Hall–Kier alpha value is -2.94. The van der Waals surface area contributed by atoms with Crippen molar-refractivity contribution in [2.24, 2.45) is 5.92 Å². The van der Waals surface area contributed by atoms with Gasteiger partial charge in [0.25, 0.3) is 0 Å². The minimum Gasteiger partial charge on any atom is -0.486 e. The molecule has 0 aromatic carbocycles. The third-order valence-electron chi connectivity index (χ3n) is 4.79. The number of carbonyl (C=O) groups is 1. The minimum atomic E-state index is -3.33. The van der Waals surface area contributed by atoms with E-state index < -0.39 is 9.84 Å². The molecule has 31 heavy (non-hydrogen) atoms. The van der Waals surface area contributed by atoms with Crippen molar-refractivity contribution in [2.45, 2.75) is 38.5 Å². The van der Waals surface area contributed by atoms with Crippen molar-refractivity contribution in [1.82, 2.24) is 14.9 Å². The highest BCUT2D eigenvalue weighted by atomic mass is 32.2. The summed E-state index contributed by atoms with van der Waals surface area (Å²) in [4.78, 5) is 22.2. The van der Waals surface area contributed by atoms with Gasteiger partial charge in [-0.15, -0.1) is 0 Å². The number of hydrogen-bond acceptors (Lipinski definition) is 7. The molecular formula is C22H27N3O5S. The molecule has 0 N–H and O–H groups in total. The summed E-state index contributed by atoms with van der Waals surface area (Å²) in [6.07, 6.45) is 5.91. The molecule has 3 rings (SSSR count). The smallest absolute Gasteiger partial charge is 0.410 e. The second-order valence-corrected chi connectivity index (χ2v) is 9.79. The zero-order chi connectivity index (χ0) is 22.6. The molecule has 3 heterocycles. The molecule has 1 aliphatic heterocycles. The van der Waals surface area contributed by atoms with Crippen LogP contribution in [0.4, 0.5) is 4.79 Å². The molecule has 2 aromatic heterocycles. The van der Waals surface area contributed by atoms with E-state index in [0.29, 0.717) is 18.8 Å². The number of aromatic nitrogens is 2. The van der Waals surface area contributed by atoms with E-state index in [1.165, 1.54) is 12.3 Å². The molecule has 0 saturated carbocycles. The Morgan fingerprint density at radius 1 is 1.19 bits per heavy atom. The van der Waals surface area contributed by atoms with Crippen LogP contribution in [0.1, 0.15) is 32.0 Å². The highest BCUT2D eigenvalue weighted by Crippen LogP contribution is 2.28. The molecule has 0 aliphatic carbocycles. The summed E-state index contributed by atoms with van der Waals surface area (Å²) in [5, 5.41) is 0.00763. The monoisotopic (exact) mass is 445 g/mol. The van der Waals surface area contributed by atoms with Gasteiger partial charge in [0.2, 0.25) is 0 Å². The second kappa shape index (κ2) is 9.47. The third-order valence-corrected chi connectivity index (χ3v) is 5.79. The first kappa shape index (κ1) is 22.7. The maximum Gasteiger partial charge on any atom is 0.410 e. The van der Waals surface area contributed by atoms with Gasteiger partial charge in [0, 0.05) is 25.5 Å². The summed E-state index contributed by atoms with van der Waals surface area (Å²) in [6, 6.07) is 6.86. The Morgan fingerprint density at radius 2 is 1.97 bits per heavy atom. The van der Waals surface area contributed by atoms with Gasteiger partial charge >= 0.3 is 6.09 Å². The van der Waals surface area contributed by atoms with E-state index in [2.05, 4.69) is 16.9 Å². The molecule has 0 spiro atoms. The molecule has 0 saturated heterocycles. The van der Waals surface area contributed by atoms with Crippen LogP contribution >= 0.6 is 0 Å². The number of nitrogens with zero attached hydrogens (tertiary/aromatic N) is 3. The van der Waals surface area contributed by atoms with E-state index in [9.17, 15) is 13.2 Å². The predicted molar refractivity (Wildman–Crippen MR) is 116 cm³/mol. The summed E-state index contributed by atoms with van der Waals surface area (Å²) >= 11 is 0. The average Bonchev–Trinajstić information content (AvgIpc) is 2.72. The number of sulfone groups is 1. The average molecular weight is 446 g/mol. The van der Waals surface area contributed by atoms with Crippen molar-refractivity contribution in [3.63, 3.8) is 0 Å². The van der Waals surface area contributed by atoms with Crippen LogP contribution in [0, 0.1) is 5.92 Å². The lowest BCUT2D eigenvalue weighted by Gasteiger charge is -2.31. The van der Waals surface area contributed by atoms with Crippen LogP contribution in [0.5, 0.6) is 5.75 Å². The first-order valence-electron chi connectivity index (χ1n) is 10.0. The predicted octanol–water partition coefficient (Wildman–Crippen LogP) is 3.34. The van der Waals surface area contributed by atoms with Gasteiger partial charge in [-0.05, 0) is 49.1 Å². The van der Waals surface area contributed by atoms with Gasteiger partial charge in [-0.3, -0.25) is 4.98 Å². The van der Waals surface area contributed by atoms with Gasteiger partial charge in [0.15, 0.2) is 14.9 Å². The molecule has 166 valence electrons. The van der Waals surface area contributed by atoms with Crippen LogP contribution < -0.4 is 4.74 Å². The lowest BCUT2D eigenvalue weighted by molar-refractivity contribution is 0.0769. The summed E-state index contributed by atoms with van der Waals surface area (Å²) in [6.45, 7) is 7.09. The molecule has 9 heteroatoms. The fourth-order valence-electron chi connectivity index (χ4n) is 3.25. The van der Waals surface area contributed by atoms with Gasteiger partial charge in [0.05, 0.1) is 18.0 Å². The summed E-state index contributed by atoms with van der Waals surface area (Å²) < 4.78 is 33.8. The number of hydrogen-bond donors (Lipinski definition) is 0. The zero-order valence-electron chi connectivity index (χ0n) is 18.1. The number of carbonyl (C=O) groups excluding carboxylic acids is 1. The number of pyridine rings is 2. The number of rotatable bonds is 6. The van der Waals surface area contributed by atoms with Crippen molar-refractivity contribution < 1.29 is 22.7 Å². The molecule has 1 atom stereocenters. The van der Waals surface area contributed by atoms with E-state index in [4.69, 9.17) is 9.47 Å². The van der Waals surface area contributed by atoms with Crippen molar-refractivity contribution in [1.29, 1.82) is 0 Å². The van der Waals surface area contributed by atoms with Crippen LogP contribution in [0.15, 0.2) is 47.8 Å². The molecule has 0 radical (unpaired) electrons. The second-order valence-electron chi connectivity index (χ2n) is 7.83. The Labute approximate surface area is 182 Å². The quantitative estimate of drug-likeness (QED) is 0.672. The maximum atomic E-state index is 12.1. The fourth-order valence-corrected chi connectivity index (χ4v) is 3.81. The summed E-state index contributed by atoms with van der Waals surface area (Å²) in [5.74, 6) is 0.632. The summed E-state index contributed by atoms with van der Waals surface area (Å²) in [7, 11) is -3.33. The highest BCUT2D eigenvalue weighted by molar-refractivity contribution is 7.90. The molecule has 8 nitrogen and oxygen atoms in total. The van der Waals surface area contributed by atoms with Crippen molar-refractivity contribution in [2.75, 3.05) is 19.3 Å². The van der Waals surface area contributed by atoms with Gasteiger partial charge < -0.3 is 14.4 Å². The topological polar surface area (TPSA) is 98.7 Å². The van der Waals surface area contributed by atoms with Gasteiger partial charge in [-0.2, -0.15) is 0 Å². The summed E-state index contributed by atoms with van der Waals surface area (Å²) in [5.41, 5.74) is 2.89. The molecule has 1 unspecified atom stereocenters. The van der Waals surface area contributed by atoms with Crippen LogP contribution in [-0.4, -0.2) is 54.8 Å². The fraction of sp³-hybridized carbons (Fsp3) is 0.409. The zero-order valence-corrected chi connectivity index (χ0v) is 18.9. The standard InChI is InChI=1S/C22H27N3O5S/c1-15(2)30-22(26)25-10-9-20(16(3)13-25)17-5-6-18(23-11-17)14-29-19-7-8-21(24-12-19)31(4,27)28/h5-9,11-12,15-16H,10,13-14H2,1-4H3. The van der Waals surface area contributed by atoms with E-state index in [1.807, 2.05) is 32.1 Å². The van der Waals surface area contributed by atoms with Crippen LogP contribution in [0.25, 0.3) is 5.57 Å². The van der Waals surface area contributed by atoms with E-state index in [0.717, 1.165) is 23.1 Å². The van der Waals surface area contributed by atoms with Crippen LogP contribution in [0.3, 0.4) is 0 Å². The van der Waals surface area contributed by atoms with Crippen LogP contribution in [-0.2, 0) is 21.2 Å². The minimum absolute atomic E-state index is 0.00763. The van der Waals surface area contributed by atoms with E-state index in [1.54, 1.807) is 17.2 Å². The molecular weight excluding hydrogens is 418 g/mol. The number of ether oxygens (including phenoxy) is 2. The van der Waals surface area contributed by atoms with Gasteiger partial charge in [-0.25, -0.2) is 18.2 Å². The molecule has 2 aromatic rings. The first-order chi connectivity index (χ1) is 14.6.